The van der Waals surface area contributed by atoms with Crippen molar-refractivity contribution in [3.8, 4) is 0 Å². The molecule has 0 unspecified atom stereocenters. The van der Waals surface area contributed by atoms with E-state index in [1.54, 1.807) is 0 Å². The molecule has 0 radical (unpaired) electrons. The van der Waals surface area contributed by atoms with Gasteiger partial charge in [-0.3, -0.25) is 4.79 Å². The van der Waals surface area contributed by atoms with Gasteiger partial charge >= 0.3 is 5.97 Å². The van der Waals surface area contributed by atoms with Gasteiger partial charge in [-0.15, -0.1) is 0 Å². The van der Waals surface area contributed by atoms with Crippen molar-refractivity contribution in [2.75, 3.05) is 6.61 Å². The summed E-state index contributed by atoms with van der Waals surface area (Å²) in [5.41, 5.74) is 0.260. The Morgan fingerprint density at radius 2 is 2.45 bits per heavy atom. The van der Waals surface area contributed by atoms with E-state index in [9.17, 15) is 4.79 Å². The molecule has 2 rings (SSSR count). The molecule has 0 amide bonds. The lowest BCUT2D eigenvalue weighted by Crippen LogP contribution is -2.16. The summed E-state index contributed by atoms with van der Waals surface area (Å²) in [6, 6.07) is 0. The summed E-state index contributed by atoms with van der Waals surface area (Å²) in [4.78, 5) is 10.9. The number of ether oxygens (including phenoxy) is 1. The van der Waals surface area contributed by atoms with Crippen molar-refractivity contribution < 1.29 is 9.53 Å². The van der Waals surface area contributed by atoms with Crippen LogP contribution in [0.2, 0.25) is 0 Å². The zero-order valence-corrected chi connectivity index (χ0v) is 6.93. The normalized spacial score (nSPS) is 43.4. The van der Waals surface area contributed by atoms with Crippen LogP contribution in [0, 0.1) is 11.3 Å². The van der Waals surface area contributed by atoms with Gasteiger partial charge in [0.05, 0.1) is 13.0 Å². The molecule has 2 fully saturated rings. The summed E-state index contributed by atoms with van der Waals surface area (Å²) < 4.78 is 5.00. The average Bonchev–Trinajstić information content (AvgIpc) is 2.44. The standard InChI is InChI=1S/C9H14O2/c1-7-2-3-9(4-7)5-8(10)11-6-9/h7H,2-6H2,1H3/t7-,9+/m1/s1. The Balaban J connectivity index is 2.07. The summed E-state index contributed by atoms with van der Waals surface area (Å²) in [6.07, 6.45) is 4.34. The third kappa shape index (κ3) is 1.15. The molecule has 1 heterocycles. The highest BCUT2D eigenvalue weighted by Crippen LogP contribution is 2.47. The highest BCUT2D eigenvalue weighted by Gasteiger charge is 2.44. The van der Waals surface area contributed by atoms with Crippen LogP contribution in [-0.2, 0) is 9.53 Å². The highest BCUT2D eigenvalue weighted by molar-refractivity contribution is 5.72. The molecule has 2 nitrogen and oxygen atoms in total. The third-order valence-electron chi connectivity index (χ3n) is 3.01. The molecule has 0 aromatic carbocycles. The minimum Gasteiger partial charge on any atom is -0.465 e. The quantitative estimate of drug-likeness (QED) is 0.497. The smallest absolute Gasteiger partial charge is 0.306 e. The predicted molar refractivity (Wildman–Crippen MR) is 41.0 cm³/mol. The molecule has 2 aliphatic rings. The molecular formula is C9H14O2. The Morgan fingerprint density at radius 3 is 2.91 bits per heavy atom. The first kappa shape index (κ1) is 7.14. The second-order valence-electron chi connectivity index (χ2n) is 4.19. The maximum atomic E-state index is 10.9. The van der Waals surface area contributed by atoms with Crippen LogP contribution < -0.4 is 0 Å². The van der Waals surface area contributed by atoms with Crippen LogP contribution in [-0.4, -0.2) is 12.6 Å². The Bertz CT molecular complexity index is 188. The summed E-state index contributed by atoms with van der Waals surface area (Å²) in [7, 11) is 0. The summed E-state index contributed by atoms with van der Waals surface area (Å²) in [5, 5.41) is 0. The molecule has 1 saturated carbocycles. The van der Waals surface area contributed by atoms with Crippen LogP contribution in [0.1, 0.15) is 32.6 Å². The minimum absolute atomic E-state index is 0.0131. The van der Waals surface area contributed by atoms with E-state index < -0.39 is 0 Å². The zero-order valence-electron chi connectivity index (χ0n) is 6.93. The van der Waals surface area contributed by atoms with Gasteiger partial charge in [-0.25, -0.2) is 0 Å². The molecule has 1 aliphatic carbocycles. The largest absolute Gasteiger partial charge is 0.465 e. The SMILES string of the molecule is C[C@@H]1CC[C@]2(COC(=O)C2)C1. The van der Waals surface area contributed by atoms with Crippen molar-refractivity contribution in [1.82, 2.24) is 0 Å². The van der Waals surface area contributed by atoms with E-state index in [4.69, 9.17) is 4.74 Å². The van der Waals surface area contributed by atoms with Crippen molar-refractivity contribution >= 4 is 5.97 Å². The van der Waals surface area contributed by atoms with E-state index in [2.05, 4.69) is 6.92 Å². The molecule has 2 heteroatoms. The van der Waals surface area contributed by atoms with E-state index in [-0.39, 0.29) is 11.4 Å². The Kier molecular flexibility index (Phi) is 1.44. The number of hydrogen-bond acceptors (Lipinski definition) is 2. The first-order valence-electron chi connectivity index (χ1n) is 4.36. The highest BCUT2D eigenvalue weighted by atomic mass is 16.5. The van der Waals surface area contributed by atoms with E-state index >= 15 is 0 Å². The predicted octanol–water partition coefficient (Wildman–Crippen LogP) is 1.74. The van der Waals surface area contributed by atoms with Gasteiger partial charge in [0.1, 0.15) is 0 Å². The van der Waals surface area contributed by atoms with E-state index in [1.807, 2.05) is 0 Å². The number of carbonyl (C=O) groups excluding carboxylic acids is 1. The van der Waals surface area contributed by atoms with Gasteiger partial charge in [0.25, 0.3) is 0 Å². The van der Waals surface area contributed by atoms with Crippen molar-refractivity contribution in [2.45, 2.75) is 32.6 Å². The molecule has 0 N–H and O–H groups in total. The van der Waals surface area contributed by atoms with Gasteiger partial charge < -0.3 is 4.74 Å². The monoisotopic (exact) mass is 154 g/mol. The van der Waals surface area contributed by atoms with E-state index in [0.717, 1.165) is 5.92 Å². The molecule has 1 saturated heterocycles. The Morgan fingerprint density at radius 1 is 1.64 bits per heavy atom. The average molecular weight is 154 g/mol. The maximum absolute atomic E-state index is 10.9. The lowest BCUT2D eigenvalue weighted by molar-refractivity contribution is -0.137. The van der Waals surface area contributed by atoms with E-state index in [1.165, 1.54) is 19.3 Å². The van der Waals surface area contributed by atoms with E-state index in [0.29, 0.717) is 13.0 Å². The minimum atomic E-state index is 0.0131. The van der Waals surface area contributed by atoms with Gasteiger partial charge in [0.15, 0.2) is 0 Å². The lowest BCUT2D eigenvalue weighted by Gasteiger charge is -2.17. The summed E-state index contributed by atoms with van der Waals surface area (Å²) in [6.45, 7) is 2.95. The lowest BCUT2D eigenvalue weighted by atomic mass is 9.85. The molecular weight excluding hydrogens is 140 g/mol. The number of carbonyl (C=O) groups is 1. The van der Waals surface area contributed by atoms with Crippen LogP contribution in [0.4, 0.5) is 0 Å². The van der Waals surface area contributed by atoms with Crippen LogP contribution in [0.5, 0.6) is 0 Å². The number of cyclic esters (lactones) is 1. The first-order valence-corrected chi connectivity index (χ1v) is 4.36. The molecule has 1 spiro atoms. The van der Waals surface area contributed by atoms with Gasteiger partial charge in [0.2, 0.25) is 0 Å². The molecule has 1 aliphatic heterocycles. The summed E-state index contributed by atoms with van der Waals surface area (Å²) >= 11 is 0. The molecule has 2 atom stereocenters. The van der Waals surface area contributed by atoms with Crippen LogP contribution >= 0.6 is 0 Å². The summed E-state index contributed by atoms with van der Waals surface area (Å²) in [5.74, 6) is 0.809. The van der Waals surface area contributed by atoms with Gasteiger partial charge in [0, 0.05) is 5.41 Å². The third-order valence-corrected chi connectivity index (χ3v) is 3.01. The maximum Gasteiger partial charge on any atom is 0.306 e. The second kappa shape index (κ2) is 2.23. The van der Waals surface area contributed by atoms with Gasteiger partial charge in [-0.2, -0.15) is 0 Å². The molecule has 62 valence electrons. The Hall–Kier alpha value is -0.530. The molecule has 0 bridgehead atoms. The van der Waals surface area contributed by atoms with Crippen molar-refractivity contribution in [1.29, 1.82) is 0 Å². The number of hydrogen-bond donors (Lipinski definition) is 0. The van der Waals surface area contributed by atoms with Crippen LogP contribution in [0.25, 0.3) is 0 Å². The zero-order chi connectivity index (χ0) is 7.90. The van der Waals surface area contributed by atoms with Crippen LogP contribution in [0.3, 0.4) is 0 Å². The van der Waals surface area contributed by atoms with Crippen LogP contribution in [0.15, 0.2) is 0 Å². The van der Waals surface area contributed by atoms with Gasteiger partial charge in [-0.1, -0.05) is 13.3 Å². The molecule has 0 aromatic rings. The fraction of sp³-hybridized carbons (Fsp3) is 0.889. The van der Waals surface area contributed by atoms with Crippen molar-refractivity contribution in [3.63, 3.8) is 0 Å². The number of esters is 1. The molecule has 11 heavy (non-hydrogen) atoms. The van der Waals surface area contributed by atoms with Crippen molar-refractivity contribution in [3.05, 3.63) is 0 Å². The Labute approximate surface area is 66.9 Å². The van der Waals surface area contributed by atoms with Crippen molar-refractivity contribution in [2.24, 2.45) is 11.3 Å². The fourth-order valence-electron chi connectivity index (χ4n) is 2.43. The second-order valence-corrected chi connectivity index (χ2v) is 4.19. The number of rotatable bonds is 0. The first-order chi connectivity index (χ1) is 5.20. The topological polar surface area (TPSA) is 26.3 Å². The van der Waals surface area contributed by atoms with Gasteiger partial charge in [-0.05, 0) is 18.8 Å². The fourth-order valence-corrected chi connectivity index (χ4v) is 2.43. The molecule has 0 aromatic heterocycles.